The minimum Gasteiger partial charge on any atom is -0.494 e. The van der Waals surface area contributed by atoms with Crippen LogP contribution in [0, 0.1) is 0 Å². The van der Waals surface area contributed by atoms with Crippen molar-refractivity contribution in [3.8, 4) is 11.4 Å². The van der Waals surface area contributed by atoms with Gasteiger partial charge in [0.25, 0.3) is 5.91 Å². The second-order valence-electron chi connectivity index (χ2n) is 10.5. The van der Waals surface area contributed by atoms with Gasteiger partial charge < -0.3 is 24.8 Å². The minimum absolute atomic E-state index is 0.000852. The molecule has 2 amide bonds. The van der Waals surface area contributed by atoms with Crippen LogP contribution in [0.25, 0.3) is 5.69 Å². The zero-order chi connectivity index (χ0) is 34.8. The van der Waals surface area contributed by atoms with Crippen LogP contribution in [0.3, 0.4) is 0 Å². The summed E-state index contributed by atoms with van der Waals surface area (Å²) in [6, 6.07) is 19.4. The lowest BCUT2D eigenvalue weighted by Gasteiger charge is -2.26. The molecule has 1 aromatic heterocycles. The fraction of sp³-hybridized carbons (Fsp3) is 0.303. The van der Waals surface area contributed by atoms with Crippen molar-refractivity contribution in [1.29, 1.82) is 0 Å². The lowest BCUT2D eigenvalue weighted by molar-refractivity contribution is -0.113. The van der Waals surface area contributed by atoms with Gasteiger partial charge in [0.15, 0.2) is 11.0 Å². The summed E-state index contributed by atoms with van der Waals surface area (Å²) in [6.07, 6.45) is 0. The molecule has 16 heteroatoms. The molecule has 1 saturated heterocycles. The standard InChI is InChI=1S/C33H36N6O8S2/c1-3-46-27-13-11-26(12-14-27)39-29(21-34-31(41)23-7-15-28(16-8-23)49(43,44)38-17-19-45-20-18-38)36-37-33(39)48-22-30(40)35-25-9-5-24(6-10-25)32(42)47-4-2/h5-16H,3-4,17-22H2,1-2H3,(H,34,41)(H,35,40). The van der Waals surface area contributed by atoms with Gasteiger partial charge in [0.2, 0.25) is 15.9 Å². The number of anilines is 1. The Balaban J connectivity index is 1.26. The summed E-state index contributed by atoms with van der Waals surface area (Å²) in [4.78, 5) is 37.9. The van der Waals surface area contributed by atoms with Crippen LogP contribution in [0.15, 0.2) is 82.8 Å². The van der Waals surface area contributed by atoms with E-state index < -0.39 is 21.9 Å². The second-order valence-corrected chi connectivity index (χ2v) is 13.4. The quantitative estimate of drug-likeness (QED) is 0.145. The molecule has 14 nitrogen and oxygen atoms in total. The Morgan fingerprint density at radius 3 is 2.20 bits per heavy atom. The Bertz CT molecular complexity index is 1860. The third kappa shape index (κ3) is 9.03. The van der Waals surface area contributed by atoms with Crippen molar-refractivity contribution in [2.24, 2.45) is 0 Å². The summed E-state index contributed by atoms with van der Waals surface area (Å²) < 4.78 is 44.8. The van der Waals surface area contributed by atoms with Gasteiger partial charge in [-0.05, 0) is 86.6 Å². The topological polar surface area (TPSA) is 171 Å². The Kier molecular flexibility index (Phi) is 12.0. The van der Waals surface area contributed by atoms with E-state index >= 15 is 0 Å². The van der Waals surface area contributed by atoms with Crippen molar-refractivity contribution in [3.63, 3.8) is 0 Å². The molecule has 49 heavy (non-hydrogen) atoms. The molecule has 0 atom stereocenters. The summed E-state index contributed by atoms with van der Waals surface area (Å²) in [6.45, 7) is 5.60. The number of esters is 1. The van der Waals surface area contributed by atoms with E-state index in [0.29, 0.717) is 53.5 Å². The van der Waals surface area contributed by atoms with E-state index in [1.54, 1.807) is 47.9 Å². The Hall–Kier alpha value is -4.77. The second kappa shape index (κ2) is 16.6. The SMILES string of the molecule is CCOC(=O)c1ccc(NC(=O)CSc2nnc(CNC(=O)c3ccc(S(=O)(=O)N4CCOCC4)cc3)n2-c2ccc(OCC)cc2)cc1. The summed E-state index contributed by atoms with van der Waals surface area (Å²) >= 11 is 1.16. The molecule has 0 aliphatic carbocycles. The van der Waals surface area contributed by atoms with Gasteiger partial charge in [0.05, 0.1) is 49.2 Å². The smallest absolute Gasteiger partial charge is 0.338 e. The van der Waals surface area contributed by atoms with Crippen LogP contribution in [0.4, 0.5) is 5.69 Å². The number of nitrogens with one attached hydrogen (secondary N) is 2. The van der Waals surface area contributed by atoms with Crippen LogP contribution >= 0.6 is 11.8 Å². The molecule has 5 rings (SSSR count). The first kappa shape index (κ1) is 35.5. The number of aromatic nitrogens is 3. The van der Waals surface area contributed by atoms with E-state index in [2.05, 4.69) is 20.8 Å². The first-order chi connectivity index (χ1) is 23.7. The molecule has 0 saturated carbocycles. The van der Waals surface area contributed by atoms with E-state index in [4.69, 9.17) is 14.2 Å². The number of benzene rings is 3. The number of sulfonamides is 1. The summed E-state index contributed by atoms with van der Waals surface area (Å²) in [5, 5.41) is 14.6. The Labute approximate surface area is 288 Å². The van der Waals surface area contributed by atoms with Gasteiger partial charge in [-0.1, -0.05) is 11.8 Å². The van der Waals surface area contributed by atoms with Crippen LogP contribution in [-0.4, -0.2) is 90.5 Å². The molecule has 0 unspecified atom stereocenters. The fourth-order valence-electron chi connectivity index (χ4n) is 4.83. The number of hydrogen-bond acceptors (Lipinski definition) is 11. The highest BCUT2D eigenvalue weighted by molar-refractivity contribution is 7.99. The molecule has 3 aromatic carbocycles. The number of amides is 2. The zero-order valence-electron chi connectivity index (χ0n) is 27.0. The van der Waals surface area contributed by atoms with Crippen LogP contribution < -0.4 is 15.4 Å². The first-order valence-corrected chi connectivity index (χ1v) is 18.0. The zero-order valence-corrected chi connectivity index (χ0v) is 28.6. The lowest BCUT2D eigenvalue weighted by atomic mass is 10.2. The molecular formula is C33H36N6O8S2. The van der Waals surface area contributed by atoms with Crippen molar-refractivity contribution >= 4 is 45.3 Å². The number of carbonyl (C=O) groups is 3. The number of rotatable bonds is 14. The first-order valence-electron chi connectivity index (χ1n) is 15.5. The van der Waals surface area contributed by atoms with Gasteiger partial charge in [-0.3, -0.25) is 14.2 Å². The molecule has 4 aromatic rings. The normalized spacial score (nSPS) is 13.4. The maximum absolute atomic E-state index is 13.1. The van der Waals surface area contributed by atoms with E-state index in [1.807, 2.05) is 19.1 Å². The van der Waals surface area contributed by atoms with E-state index in [-0.39, 0.29) is 48.4 Å². The molecule has 0 spiro atoms. The summed E-state index contributed by atoms with van der Waals surface area (Å²) in [5.74, 6) is -0.0919. The molecule has 1 fully saturated rings. The minimum atomic E-state index is -3.69. The molecular weight excluding hydrogens is 673 g/mol. The molecule has 1 aliphatic heterocycles. The van der Waals surface area contributed by atoms with Gasteiger partial charge in [0, 0.05) is 30.0 Å². The molecule has 2 heterocycles. The molecule has 0 radical (unpaired) electrons. The monoisotopic (exact) mass is 708 g/mol. The third-order valence-electron chi connectivity index (χ3n) is 7.25. The average Bonchev–Trinajstić information content (AvgIpc) is 3.53. The van der Waals surface area contributed by atoms with Crippen LogP contribution in [0.2, 0.25) is 0 Å². The van der Waals surface area contributed by atoms with Gasteiger partial charge in [-0.2, -0.15) is 4.31 Å². The van der Waals surface area contributed by atoms with Gasteiger partial charge in [-0.25, -0.2) is 13.2 Å². The number of thioether (sulfide) groups is 1. The predicted molar refractivity (Wildman–Crippen MR) is 181 cm³/mol. The number of carbonyl (C=O) groups excluding carboxylic acids is 3. The predicted octanol–water partition coefficient (Wildman–Crippen LogP) is 3.52. The van der Waals surface area contributed by atoms with Crippen molar-refractivity contribution in [2.45, 2.75) is 30.4 Å². The molecule has 2 N–H and O–H groups in total. The largest absolute Gasteiger partial charge is 0.494 e. The lowest BCUT2D eigenvalue weighted by Crippen LogP contribution is -2.40. The number of nitrogens with zero attached hydrogens (tertiary/aromatic N) is 4. The summed E-state index contributed by atoms with van der Waals surface area (Å²) in [7, 11) is -3.69. The maximum atomic E-state index is 13.1. The van der Waals surface area contributed by atoms with Gasteiger partial charge in [0.1, 0.15) is 5.75 Å². The van der Waals surface area contributed by atoms with Crippen molar-refractivity contribution < 1.29 is 37.0 Å². The third-order valence-corrected chi connectivity index (χ3v) is 10.1. The average molecular weight is 709 g/mol. The number of morpholine rings is 1. The number of hydrogen-bond donors (Lipinski definition) is 2. The van der Waals surface area contributed by atoms with Crippen molar-refractivity contribution in [3.05, 3.63) is 89.7 Å². The Morgan fingerprint density at radius 2 is 1.55 bits per heavy atom. The maximum Gasteiger partial charge on any atom is 0.338 e. The Morgan fingerprint density at radius 1 is 0.878 bits per heavy atom. The summed E-state index contributed by atoms with van der Waals surface area (Å²) in [5.41, 5.74) is 1.86. The van der Waals surface area contributed by atoms with Gasteiger partial charge >= 0.3 is 5.97 Å². The van der Waals surface area contributed by atoms with Crippen molar-refractivity contribution in [2.75, 3.05) is 50.6 Å². The van der Waals surface area contributed by atoms with E-state index in [9.17, 15) is 22.8 Å². The molecule has 1 aliphatic rings. The fourth-order valence-corrected chi connectivity index (χ4v) is 7.01. The number of ether oxygens (including phenoxy) is 3. The van der Waals surface area contributed by atoms with Gasteiger partial charge in [-0.15, -0.1) is 10.2 Å². The molecule has 258 valence electrons. The highest BCUT2D eigenvalue weighted by Crippen LogP contribution is 2.25. The highest BCUT2D eigenvalue weighted by atomic mass is 32.2. The van der Waals surface area contributed by atoms with E-state index in [1.165, 1.54) is 28.6 Å². The van der Waals surface area contributed by atoms with Crippen LogP contribution in [0.5, 0.6) is 5.75 Å². The van der Waals surface area contributed by atoms with Crippen LogP contribution in [0.1, 0.15) is 40.4 Å². The van der Waals surface area contributed by atoms with Crippen LogP contribution in [-0.2, 0) is 30.8 Å². The molecule has 0 bridgehead atoms. The van der Waals surface area contributed by atoms with E-state index in [0.717, 1.165) is 11.8 Å². The highest BCUT2D eigenvalue weighted by Gasteiger charge is 2.26. The van der Waals surface area contributed by atoms with Crippen molar-refractivity contribution in [1.82, 2.24) is 24.4 Å².